The molecule has 0 aliphatic heterocycles. The van der Waals surface area contributed by atoms with Crippen LogP contribution in [0, 0.1) is 5.92 Å². The molecule has 0 aromatic heterocycles. The minimum absolute atomic E-state index is 0. The quantitative estimate of drug-likeness (QED) is 0.586. The maximum atomic E-state index is 5.52. The highest BCUT2D eigenvalue weighted by molar-refractivity contribution is 5.85. The van der Waals surface area contributed by atoms with Crippen molar-refractivity contribution in [3.8, 4) is 0 Å². The summed E-state index contributed by atoms with van der Waals surface area (Å²) < 4.78 is 0. The summed E-state index contributed by atoms with van der Waals surface area (Å²) in [6.45, 7) is 0.830. The average molecular weight is 162 g/mol. The van der Waals surface area contributed by atoms with Crippen LogP contribution < -0.4 is 5.73 Å². The molecule has 1 unspecified atom stereocenters. The van der Waals surface area contributed by atoms with Crippen LogP contribution in [0.3, 0.4) is 0 Å². The van der Waals surface area contributed by atoms with Crippen LogP contribution in [-0.2, 0) is 0 Å². The highest BCUT2D eigenvalue weighted by Crippen LogP contribution is 2.14. The first-order chi connectivity index (χ1) is 4.43. The van der Waals surface area contributed by atoms with Crippen molar-refractivity contribution in [3.63, 3.8) is 0 Å². The van der Waals surface area contributed by atoms with E-state index in [2.05, 4.69) is 12.2 Å². The Bertz CT molecular complexity index is 101. The fourth-order valence-corrected chi connectivity index (χ4v) is 1.25. The molecule has 0 heterocycles. The van der Waals surface area contributed by atoms with Crippen LogP contribution in [0.15, 0.2) is 12.2 Å². The van der Waals surface area contributed by atoms with Gasteiger partial charge in [0.2, 0.25) is 0 Å². The van der Waals surface area contributed by atoms with Crippen molar-refractivity contribution in [3.05, 3.63) is 12.2 Å². The maximum Gasteiger partial charge on any atom is -0.00142 e. The SMILES string of the molecule is Cl.NCC1C=CCCCC1. The second-order valence-corrected chi connectivity index (χ2v) is 2.71. The lowest BCUT2D eigenvalue weighted by atomic mass is 10.0. The molecule has 10 heavy (non-hydrogen) atoms. The zero-order valence-corrected chi connectivity index (χ0v) is 7.07. The van der Waals surface area contributed by atoms with Gasteiger partial charge in [-0.3, -0.25) is 0 Å². The largest absolute Gasteiger partial charge is 0.330 e. The Morgan fingerprint density at radius 1 is 1.40 bits per heavy atom. The van der Waals surface area contributed by atoms with Crippen LogP contribution in [0.4, 0.5) is 0 Å². The van der Waals surface area contributed by atoms with Crippen LogP contribution in [0.5, 0.6) is 0 Å². The van der Waals surface area contributed by atoms with Gasteiger partial charge < -0.3 is 5.73 Å². The van der Waals surface area contributed by atoms with Crippen LogP contribution >= 0.6 is 12.4 Å². The van der Waals surface area contributed by atoms with E-state index in [0.29, 0.717) is 5.92 Å². The van der Waals surface area contributed by atoms with Gasteiger partial charge in [-0.05, 0) is 31.7 Å². The smallest absolute Gasteiger partial charge is 0.00142 e. The van der Waals surface area contributed by atoms with E-state index in [1.54, 1.807) is 0 Å². The molecule has 1 aliphatic rings. The van der Waals surface area contributed by atoms with E-state index in [-0.39, 0.29) is 12.4 Å². The number of nitrogens with two attached hydrogens (primary N) is 1. The molecule has 1 aliphatic carbocycles. The minimum atomic E-state index is 0. The van der Waals surface area contributed by atoms with Gasteiger partial charge >= 0.3 is 0 Å². The molecule has 1 atom stereocenters. The first-order valence-electron chi connectivity index (χ1n) is 3.80. The van der Waals surface area contributed by atoms with Crippen molar-refractivity contribution in [2.45, 2.75) is 25.7 Å². The lowest BCUT2D eigenvalue weighted by Crippen LogP contribution is -2.10. The van der Waals surface area contributed by atoms with Gasteiger partial charge in [-0.1, -0.05) is 18.6 Å². The Labute approximate surface area is 69.1 Å². The lowest BCUT2D eigenvalue weighted by molar-refractivity contribution is 0.571. The molecule has 0 aromatic carbocycles. The number of halogens is 1. The molecular weight excluding hydrogens is 146 g/mol. The molecule has 0 spiro atoms. The van der Waals surface area contributed by atoms with Gasteiger partial charge in [0.15, 0.2) is 0 Å². The molecule has 0 amide bonds. The van der Waals surface area contributed by atoms with Crippen molar-refractivity contribution in [2.75, 3.05) is 6.54 Å². The van der Waals surface area contributed by atoms with Crippen molar-refractivity contribution in [1.29, 1.82) is 0 Å². The van der Waals surface area contributed by atoms with Gasteiger partial charge in [0.05, 0.1) is 0 Å². The highest BCUT2D eigenvalue weighted by Gasteiger charge is 2.03. The van der Waals surface area contributed by atoms with Crippen LogP contribution in [0.1, 0.15) is 25.7 Å². The van der Waals surface area contributed by atoms with Crippen molar-refractivity contribution in [2.24, 2.45) is 11.7 Å². The van der Waals surface area contributed by atoms with E-state index in [9.17, 15) is 0 Å². The number of hydrogen-bond donors (Lipinski definition) is 1. The number of hydrogen-bond acceptors (Lipinski definition) is 1. The fraction of sp³-hybridized carbons (Fsp3) is 0.750. The summed E-state index contributed by atoms with van der Waals surface area (Å²) in [5.41, 5.74) is 5.52. The van der Waals surface area contributed by atoms with Crippen molar-refractivity contribution < 1.29 is 0 Å². The summed E-state index contributed by atoms with van der Waals surface area (Å²) in [4.78, 5) is 0. The highest BCUT2D eigenvalue weighted by atomic mass is 35.5. The summed E-state index contributed by atoms with van der Waals surface area (Å²) in [5.74, 6) is 0.674. The maximum absolute atomic E-state index is 5.52. The Hall–Kier alpha value is -0.0100. The molecular formula is C8H16ClN. The third-order valence-corrected chi connectivity index (χ3v) is 1.91. The molecule has 2 N–H and O–H groups in total. The summed E-state index contributed by atoms with van der Waals surface area (Å²) in [6.07, 6.45) is 9.81. The zero-order chi connectivity index (χ0) is 6.53. The molecule has 0 radical (unpaired) electrons. The summed E-state index contributed by atoms with van der Waals surface area (Å²) in [6, 6.07) is 0. The topological polar surface area (TPSA) is 26.0 Å². The number of allylic oxidation sites excluding steroid dienone is 1. The molecule has 1 rings (SSSR count). The predicted octanol–water partition coefficient (Wildman–Crippen LogP) is 2.11. The zero-order valence-electron chi connectivity index (χ0n) is 6.25. The average Bonchev–Trinajstić information content (AvgIpc) is 2.13. The van der Waals surface area contributed by atoms with Gasteiger partial charge in [-0.15, -0.1) is 12.4 Å². The predicted molar refractivity (Wildman–Crippen MR) is 47.4 cm³/mol. The van der Waals surface area contributed by atoms with Crippen molar-refractivity contribution >= 4 is 12.4 Å². The number of rotatable bonds is 1. The van der Waals surface area contributed by atoms with E-state index in [4.69, 9.17) is 5.73 Å². The van der Waals surface area contributed by atoms with Gasteiger partial charge in [-0.25, -0.2) is 0 Å². The molecule has 0 fully saturated rings. The van der Waals surface area contributed by atoms with E-state index in [1.165, 1.54) is 25.7 Å². The third-order valence-electron chi connectivity index (χ3n) is 1.91. The van der Waals surface area contributed by atoms with Crippen LogP contribution in [0.2, 0.25) is 0 Å². The van der Waals surface area contributed by atoms with Crippen LogP contribution in [0.25, 0.3) is 0 Å². The van der Waals surface area contributed by atoms with Gasteiger partial charge in [0.1, 0.15) is 0 Å². The van der Waals surface area contributed by atoms with Crippen molar-refractivity contribution in [1.82, 2.24) is 0 Å². The molecule has 60 valence electrons. The Morgan fingerprint density at radius 3 is 2.90 bits per heavy atom. The van der Waals surface area contributed by atoms with E-state index >= 15 is 0 Å². The van der Waals surface area contributed by atoms with E-state index in [0.717, 1.165) is 6.54 Å². The van der Waals surface area contributed by atoms with Crippen LogP contribution in [-0.4, -0.2) is 6.54 Å². The van der Waals surface area contributed by atoms with Gasteiger partial charge in [0.25, 0.3) is 0 Å². The Balaban J connectivity index is 0.000000810. The second kappa shape index (κ2) is 5.75. The van der Waals surface area contributed by atoms with E-state index < -0.39 is 0 Å². The summed E-state index contributed by atoms with van der Waals surface area (Å²) in [7, 11) is 0. The summed E-state index contributed by atoms with van der Waals surface area (Å²) >= 11 is 0. The molecule has 0 saturated carbocycles. The van der Waals surface area contributed by atoms with Gasteiger partial charge in [-0.2, -0.15) is 0 Å². The first-order valence-corrected chi connectivity index (χ1v) is 3.80. The molecule has 1 nitrogen and oxygen atoms in total. The second-order valence-electron chi connectivity index (χ2n) is 2.71. The third kappa shape index (κ3) is 3.23. The van der Waals surface area contributed by atoms with E-state index in [1.807, 2.05) is 0 Å². The fourth-order valence-electron chi connectivity index (χ4n) is 1.25. The Morgan fingerprint density at radius 2 is 2.20 bits per heavy atom. The van der Waals surface area contributed by atoms with Gasteiger partial charge in [0, 0.05) is 0 Å². The molecule has 0 bridgehead atoms. The lowest BCUT2D eigenvalue weighted by Gasteiger charge is -2.04. The minimum Gasteiger partial charge on any atom is -0.330 e. The molecule has 0 aromatic rings. The standard InChI is InChI=1S/C8H15N.ClH/c9-7-8-5-3-1-2-4-6-8;/h3,5,8H,1-2,4,6-7,9H2;1H. The normalized spacial score (nSPS) is 25.1. The first kappa shape index (κ1) is 9.99. The molecule has 0 saturated heterocycles. The summed E-state index contributed by atoms with van der Waals surface area (Å²) in [5, 5.41) is 0. The monoisotopic (exact) mass is 161 g/mol. The Kier molecular flexibility index (Phi) is 5.74. The molecule has 2 heteroatoms.